The van der Waals surface area contributed by atoms with Gasteiger partial charge in [0.05, 0.1) is 24.8 Å². The molecule has 1 aromatic rings. The Labute approximate surface area is 148 Å². The van der Waals surface area contributed by atoms with E-state index in [4.69, 9.17) is 9.47 Å². The van der Waals surface area contributed by atoms with Crippen LogP contribution in [0.4, 0.5) is 0 Å². The summed E-state index contributed by atoms with van der Waals surface area (Å²) in [6, 6.07) is 1.99. The molecular weight excluding hydrogens is 322 g/mol. The van der Waals surface area contributed by atoms with Crippen LogP contribution in [-0.4, -0.2) is 52.4 Å². The summed E-state index contributed by atoms with van der Waals surface area (Å²) in [5, 5.41) is 4.46. The number of aromatic nitrogens is 2. The molecule has 3 rings (SSSR count). The van der Waals surface area contributed by atoms with Gasteiger partial charge < -0.3 is 14.4 Å². The number of carbonyl (C=O) groups excluding carboxylic acids is 2. The average Bonchev–Trinajstić information content (AvgIpc) is 2.99. The SMILES string of the molecule is CCOC(=O)[C@H]1C[C@@H]1CN(Cc1cc(C)n(C)n1)C(=O)[C@@H]1CCCO1. The first-order chi connectivity index (χ1) is 12.0. The van der Waals surface area contributed by atoms with Gasteiger partial charge in [-0.2, -0.15) is 5.10 Å². The van der Waals surface area contributed by atoms with Crippen LogP contribution in [0.15, 0.2) is 6.07 Å². The number of amides is 1. The molecule has 0 radical (unpaired) electrons. The van der Waals surface area contributed by atoms with Crippen LogP contribution in [0, 0.1) is 18.8 Å². The highest BCUT2D eigenvalue weighted by atomic mass is 16.5. The van der Waals surface area contributed by atoms with Gasteiger partial charge in [0.15, 0.2) is 0 Å². The average molecular weight is 349 g/mol. The predicted molar refractivity (Wildman–Crippen MR) is 90.6 cm³/mol. The maximum Gasteiger partial charge on any atom is 0.309 e. The fraction of sp³-hybridized carbons (Fsp3) is 0.722. The second-order valence-corrected chi connectivity index (χ2v) is 6.98. The molecule has 3 atom stereocenters. The van der Waals surface area contributed by atoms with Crippen LogP contribution in [0.5, 0.6) is 0 Å². The molecule has 0 unspecified atom stereocenters. The second kappa shape index (κ2) is 7.56. The summed E-state index contributed by atoms with van der Waals surface area (Å²) in [4.78, 5) is 26.5. The molecule has 0 bridgehead atoms. The van der Waals surface area contributed by atoms with E-state index in [2.05, 4.69) is 5.10 Å². The maximum absolute atomic E-state index is 12.9. The minimum absolute atomic E-state index is 0.00955. The van der Waals surface area contributed by atoms with Crippen molar-refractivity contribution >= 4 is 11.9 Å². The fourth-order valence-electron chi connectivity index (χ4n) is 3.39. The van der Waals surface area contributed by atoms with E-state index in [-0.39, 0.29) is 29.8 Å². The van der Waals surface area contributed by atoms with Gasteiger partial charge >= 0.3 is 5.97 Å². The van der Waals surface area contributed by atoms with Crippen LogP contribution in [0.1, 0.15) is 37.6 Å². The lowest BCUT2D eigenvalue weighted by Gasteiger charge is -2.24. The van der Waals surface area contributed by atoms with Crippen molar-refractivity contribution in [2.24, 2.45) is 18.9 Å². The quantitative estimate of drug-likeness (QED) is 0.697. The molecule has 0 N–H and O–H groups in total. The minimum Gasteiger partial charge on any atom is -0.466 e. The van der Waals surface area contributed by atoms with Gasteiger partial charge in [-0.05, 0) is 45.1 Å². The van der Waals surface area contributed by atoms with E-state index >= 15 is 0 Å². The van der Waals surface area contributed by atoms with Gasteiger partial charge in [-0.25, -0.2) is 0 Å². The van der Waals surface area contributed by atoms with Crippen LogP contribution in [0.25, 0.3) is 0 Å². The van der Waals surface area contributed by atoms with E-state index < -0.39 is 0 Å². The molecule has 1 saturated heterocycles. The summed E-state index contributed by atoms with van der Waals surface area (Å²) in [7, 11) is 1.89. The molecule has 1 aliphatic carbocycles. The van der Waals surface area contributed by atoms with Crippen molar-refractivity contribution in [2.75, 3.05) is 19.8 Å². The lowest BCUT2D eigenvalue weighted by Crippen LogP contribution is -2.40. The van der Waals surface area contributed by atoms with Gasteiger partial charge in [-0.15, -0.1) is 0 Å². The van der Waals surface area contributed by atoms with Gasteiger partial charge in [0, 0.05) is 25.9 Å². The molecule has 0 spiro atoms. The molecule has 1 amide bonds. The van der Waals surface area contributed by atoms with Crippen molar-refractivity contribution in [3.8, 4) is 0 Å². The zero-order chi connectivity index (χ0) is 18.0. The van der Waals surface area contributed by atoms with Crippen molar-refractivity contribution < 1.29 is 19.1 Å². The van der Waals surface area contributed by atoms with E-state index in [0.29, 0.717) is 26.3 Å². The Morgan fingerprint density at radius 3 is 2.88 bits per heavy atom. The molecule has 1 aliphatic heterocycles. The lowest BCUT2D eigenvalue weighted by molar-refractivity contribution is -0.146. The van der Waals surface area contributed by atoms with Gasteiger partial charge in [0.2, 0.25) is 0 Å². The van der Waals surface area contributed by atoms with Crippen molar-refractivity contribution in [3.63, 3.8) is 0 Å². The molecule has 7 heteroatoms. The first-order valence-corrected chi connectivity index (χ1v) is 9.06. The molecule has 2 fully saturated rings. The molecule has 25 heavy (non-hydrogen) atoms. The Bertz CT molecular complexity index is 617. The summed E-state index contributed by atoms with van der Waals surface area (Å²) in [5.74, 6) is -0.0413. The van der Waals surface area contributed by atoms with Gasteiger partial charge in [-0.1, -0.05) is 0 Å². The predicted octanol–water partition coefficient (Wildman–Crippen LogP) is 1.44. The number of hydrogen-bond acceptors (Lipinski definition) is 5. The first-order valence-electron chi connectivity index (χ1n) is 9.06. The number of hydrogen-bond donors (Lipinski definition) is 0. The van der Waals surface area contributed by atoms with Crippen molar-refractivity contribution in [2.45, 2.75) is 45.8 Å². The van der Waals surface area contributed by atoms with E-state index in [1.807, 2.05) is 36.5 Å². The van der Waals surface area contributed by atoms with Crippen molar-refractivity contribution in [1.29, 1.82) is 0 Å². The number of aryl methyl sites for hydroxylation is 2. The number of carbonyl (C=O) groups is 2. The number of esters is 1. The van der Waals surface area contributed by atoms with E-state index in [9.17, 15) is 9.59 Å². The van der Waals surface area contributed by atoms with Crippen LogP contribution in [-0.2, 0) is 32.7 Å². The zero-order valence-corrected chi connectivity index (χ0v) is 15.2. The third-order valence-corrected chi connectivity index (χ3v) is 5.00. The van der Waals surface area contributed by atoms with E-state index in [1.54, 1.807) is 0 Å². The third kappa shape index (κ3) is 4.21. The molecule has 0 aromatic carbocycles. The standard InChI is InChI=1S/C18H27N3O4/c1-4-24-18(23)15-9-13(15)10-21(17(22)16-6-5-7-25-16)11-14-8-12(2)20(3)19-14/h8,13,15-16H,4-7,9-11H2,1-3H3/t13-,15+,16+/m1/s1. The smallest absolute Gasteiger partial charge is 0.309 e. The Balaban J connectivity index is 1.66. The zero-order valence-electron chi connectivity index (χ0n) is 15.2. The minimum atomic E-state index is -0.357. The monoisotopic (exact) mass is 349 g/mol. The summed E-state index contributed by atoms with van der Waals surface area (Å²) < 4.78 is 12.5. The summed E-state index contributed by atoms with van der Waals surface area (Å²) in [5.41, 5.74) is 1.91. The highest BCUT2D eigenvalue weighted by molar-refractivity contribution is 5.81. The number of rotatable bonds is 7. The Hall–Kier alpha value is -1.89. The van der Waals surface area contributed by atoms with Crippen molar-refractivity contribution in [1.82, 2.24) is 14.7 Å². The lowest BCUT2D eigenvalue weighted by atomic mass is 10.2. The molecular formula is C18H27N3O4. The van der Waals surface area contributed by atoms with Crippen molar-refractivity contribution in [3.05, 3.63) is 17.5 Å². The van der Waals surface area contributed by atoms with Gasteiger partial charge in [0.1, 0.15) is 6.10 Å². The Morgan fingerprint density at radius 2 is 2.28 bits per heavy atom. The molecule has 7 nitrogen and oxygen atoms in total. The second-order valence-electron chi connectivity index (χ2n) is 6.98. The van der Waals surface area contributed by atoms with Gasteiger partial charge in [0.25, 0.3) is 5.91 Å². The van der Waals surface area contributed by atoms with E-state index in [0.717, 1.165) is 30.7 Å². The Kier molecular flexibility index (Phi) is 5.42. The highest BCUT2D eigenvalue weighted by Crippen LogP contribution is 2.40. The maximum atomic E-state index is 12.9. The van der Waals surface area contributed by atoms with E-state index in [1.165, 1.54) is 0 Å². The molecule has 138 valence electrons. The normalized spacial score (nSPS) is 25.0. The van der Waals surface area contributed by atoms with Gasteiger partial charge in [-0.3, -0.25) is 14.3 Å². The Morgan fingerprint density at radius 1 is 1.48 bits per heavy atom. The van der Waals surface area contributed by atoms with Crippen LogP contribution in [0.3, 0.4) is 0 Å². The largest absolute Gasteiger partial charge is 0.466 e. The number of nitrogens with zero attached hydrogens (tertiary/aromatic N) is 3. The van der Waals surface area contributed by atoms with Crippen LogP contribution < -0.4 is 0 Å². The molecule has 2 aliphatic rings. The first kappa shape index (κ1) is 17.9. The van der Waals surface area contributed by atoms with Crippen LogP contribution >= 0.6 is 0 Å². The molecule has 1 saturated carbocycles. The fourth-order valence-corrected chi connectivity index (χ4v) is 3.39. The summed E-state index contributed by atoms with van der Waals surface area (Å²) in [6.45, 7) is 5.84. The third-order valence-electron chi connectivity index (χ3n) is 5.00. The molecule has 1 aromatic heterocycles. The topological polar surface area (TPSA) is 73.7 Å². The highest BCUT2D eigenvalue weighted by Gasteiger charge is 2.46. The summed E-state index contributed by atoms with van der Waals surface area (Å²) >= 11 is 0. The van der Waals surface area contributed by atoms with Crippen LogP contribution in [0.2, 0.25) is 0 Å². The molecule has 2 heterocycles. The summed E-state index contributed by atoms with van der Waals surface area (Å²) in [6.07, 6.45) is 2.12. The number of ether oxygens (including phenoxy) is 2.